The van der Waals surface area contributed by atoms with Crippen molar-refractivity contribution in [2.45, 2.75) is 38.6 Å². The SMILES string of the molecule is CCCc1cnc(NC(=O)N2CCCC2c2cccc3c2OCCO3)s1. The summed E-state index contributed by atoms with van der Waals surface area (Å²) in [5, 5.41) is 3.63. The molecule has 26 heavy (non-hydrogen) atoms. The van der Waals surface area contributed by atoms with Crippen LogP contribution in [0, 0.1) is 0 Å². The van der Waals surface area contributed by atoms with E-state index in [4.69, 9.17) is 9.47 Å². The highest BCUT2D eigenvalue weighted by Crippen LogP contribution is 2.42. The molecule has 0 aliphatic carbocycles. The molecular weight excluding hydrogens is 350 g/mol. The Morgan fingerprint density at radius 3 is 3.15 bits per heavy atom. The molecule has 0 radical (unpaired) electrons. The smallest absolute Gasteiger partial charge is 0.324 e. The fourth-order valence-corrected chi connectivity index (χ4v) is 4.49. The molecule has 1 unspecified atom stereocenters. The minimum atomic E-state index is -0.0979. The number of urea groups is 1. The summed E-state index contributed by atoms with van der Waals surface area (Å²) in [4.78, 5) is 20.3. The Bertz CT molecular complexity index is 792. The number of hydrogen-bond acceptors (Lipinski definition) is 5. The second kappa shape index (κ2) is 7.53. The molecule has 2 aliphatic heterocycles. The van der Waals surface area contributed by atoms with Crippen LogP contribution in [0.15, 0.2) is 24.4 Å². The van der Waals surface area contributed by atoms with Crippen LogP contribution in [0.25, 0.3) is 0 Å². The third-order valence-electron chi connectivity index (χ3n) is 4.73. The first-order valence-corrected chi connectivity index (χ1v) is 9.98. The van der Waals surface area contributed by atoms with Crippen molar-refractivity contribution in [3.8, 4) is 11.5 Å². The van der Waals surface area contributed by atoms with Crippen molar-refractivity contribution >= 4 is 22.5 Å². The fraction of sp³-hybridized carbons (Fsp3) is 0.474. The number of para-hydroxylation sites is 1. The van der Waals surface area contributed by atoms with Gasteiger partial charge in [0.05, 0.1) is 6.04 Å². The van der Waals surface area contributed by atoms with Gasteiger partial charge in [0.1, 0.15) is 13.2 Å². The molecule has 6 nitrogen and oxygen atoms in total. The normalized spacial score (nSPS) is 18.8. The molecule has 2 aliphatic rings. The van der Waals surface area contributed by atoms with Crippen LogP contribution in [0.5, 0.6) is 11.5 Å². The highest BCUT2D eigenvalue weighted by Gasteiger charge is 2.33. The van der Waals surface area contributed by atoms with Crippen LogP contribution in [0.4, 0.5) is 9.93 Å². The molecule has 0 bridgehead atoms. The van der Waals surface area contributed by atoms with Crippen molar-refractivity contribution in [2.75, 3.05) is 25.1 Å². The molecule has 1 aromatic heterocycles. The first-order valence-electron chi connectivity index (χ1n) is 9.17. The first-order chi connectivity index (χ1) is 12.8. The number of ether oxygens (including phenoxy) is 2. The first kappa shape index (κ1) is 17.1. The fourth-order valence-electron chi connectivity index (χ4n) is 3.58. The van der Waals surface area contributed by atoms with Gasteiger partial charge in [0.15, 0.2) is 16.6 Å². The maximum atomic E-state index is 12.8. The Hall–Kier alpha value is -2.28. The molecule has 7 heteroatoms. The molecule has 138 valence electrons. The number of nitrogens with one attached hydrogen (secondary N) is 1. The predicted octanol–water partition coefficient (Wildman–Crippen LogP) is 4.24. The molecule has 1 aromatic carbocycles. The Morgan fingerprint density at radius 1 is 1.38 bits per heavy atom. The predicted molar refractivity (Wildman–Crippen MR) is 101 cm³/mol. The van der Waals surface area contributed by atoms with Crippen LogP contribution in [0.3, 0.4) is 0 Å². The number of amides is 2. The summed E-state index contributed by atoms with van der Waals surface area (Å²) in [5.41, 5.74) is 1.03. The Labute approximate surface area is 157 Å². The molecule has 0 spiro atoms. The number of aromatic nitrogens is 1. The number of rotatable bonds is 4. The molecule has 2 aromatic rings. The number of nitrogens with zero attached hydrogens (tertiary/aromatic N) is 2. The molecule has 1 fully saturated rings. The van der Waals surface area contributed by atoms with Gasteiger partial charge >= 0.3 is 6.03 Å². The Morgan fingerprint density at radius 2 is 2.27 bits per heavy atom. The van der Waals surface area contributed by atoms with E-state index in [1.165, 1.54) is 4.88 Å². The molecule has 0 saturated carbocycles. The van der Waals surface area contributed by atoms with Gasteiger partial charge in [0.25, 0.3) is 0 Å². The van der Waals surface area contributed by atoms with Crippen molar-refractivity contribution in [1.29, 1.82) is 0 Å². The number of carbonyl (C=O) groups is 1. The lowest BCUT2D eigenvalue weighted by molar-refractivity contribution is 0.165. The average molecular weight is 373 g/mol. The summed E-state index contributed by atoms with van der Waals surface area (Å²) in [6.45, 7) is 3.98. The number of carbonyl (C=O) groups excluding carboxylic acids is 1. The minimum Gasteiger partial charge on any atom is -0.486 e. The lowest BCUT2D eigenvalue weighted by atomic mass is 10.0. The molecule has 3 heterocycles. The maximum Gasteiger partial charge on any atom is 0.324 e. The van der Waals surface area contributed by atoms with Gasteiger partial charge < -0.3 is 14.4 Å². The number of thiazole rings is 1. The van der Waals surface area contributed by atoms with Crippen molar-refractivity contribution in [3.63, 3.8) is 0 Å². The number of aryl methyl sites for hydroxylation is 1. The number of fused-ring (bicyclic) bond motifs is 1. The molecule has 2 amide bonds. The van der Waals surface area contributed by atoms with Crippen LogP contribution in [-0.4, -0.2) is 35.7 Å². The average Bonchev–Trinajstić information content (AvgIpc) is 3.31. The van der Waals surface area contributed by atoms with Gasteiger partial charge in [-0.05, 0) is 25.3 Å². The van der Waals surface area contributed by atoms with E-state index >= 15 is 0 Å². The zero-order valence-electron chi connectivity index (χ0n) is 14.9. The number of benzene rings is 1. The number of likely N-dealkylation sites (tertiary alicyclic amines) is 1. The second-order valence-electron chi connectivity index (χ2n) is 6.53. The van der Waals surface area contributed by atoms with Gasteiger partial charge in [-0.3, -0.25) is 5.32 Å². The zero-order chi connectivity index (χ0) is 17.9. The monoisotopic (exact) mass is 373 g/mol. The largest absolute Gasteiger partial charge is 0.486 e. The van der Waals surface area contributed by atoms with Crippen molar-refractivity contribution in [3.05, 3.63) is 34.8 Å². The van der Waals surface area contributed by atoms with E-state index in [0.29, 0.717) is 18.3 Å². The van der Waals surface area contributed by atoms with E-state index in [0.717, 1.165) is 49.3 Å². The number of anilines is 1. The summed E-state index contributed by atoms with van der Waals surface area (Å²) in [6.07, 6.45) is 5.82. The lowest BCUT2D eigenvalue weighted by Gasteiger charge is -2.28. The van der Waals surface area contributed by atoms with Crippen LogP contribution in [0.2, 0.25) is 0 Å². The lowest BCUT2D eigenvalue weighted by Crippen LogP contribution is -2.34. The molecule has 4 rings (SSSR count). The van der Waals surface area contributed by atoms with Crippen molar-refractivity contribution in [1.82, 2.24) is 9.88 Å². The summed E-state index contributed by atoms with van der Waals surface area (Å²) in [5.74, 6) is 1.55. The zero-order valence-corrected chi connectivity index (χ0v) is 15.7. The van der Waals surface area contributed by atoms with Gasteiger partial charge in [-0.25, -0.2) is 9.78 Å². The molecule has 1 saturated heterocycles. The quantitative estimate of drug-likeness (QED) is 0.871. The third-order valence-corrected chi connectivity index (χ3v) is 5.71. The highest BCUT2D eigenvalue weighted by atomic mass is 32.1. The van der Waals surface area contributed by atoms with E-state index in [-0.39, 0.29) is 12.1 Å². The van der Waals surface area contributed by atoms with E-state index in [1.807, 2.05) is 29.3 Å². The summed E-state index contributed by atoms with van der Waals surface area (Å²) >= 11 is 1.55. The standard InChI is InChI=1S/C19H23N3O3S/c1-2-5-13-12-20-18(26-13)21-19(23)22-9-4-7-15(22)14-6-3-8-16-17(14)25-11-10-24-16/h3,6,8,12,15H,2,4-5,7,9-11H2,1H3,(H,20,21,23). The van der Waals surface area contributed by atoms with Crippen LogP contribution in [-0.2, 0) is 6.42 Å². The van der Waals surface area contributed by atoms with E-state index < -0.39 is 0 Å². The Kier molecular flexibility index (Phi) is 4.97. The van der Waals surface area contributed by atoms with Crippen LogP contribution < -0.4 is 14.8 Å². The maximum absolute atomic E-state index is 12.8. The van der Waals surface area contributed by atoms with Gasteiger partial charge in [-0.15, -0.1) is 11.3 Å². The van der Waals surface area contributed by atoms with Gasteiger partial charge in [0, 0.05) is 23.2 Å². The molecule has 1 atom stereocenters. The van der Waals surface area contributed by atoms with E-state index in [2.05, 4.69) is 17.2 Å². The van der Waals surface area contributed by atoms with E-state index in [1.54, 1.807) is 11.3 Å². The molecule has 1 N–H and O–H groups in total. The van der Waals surface area contributed by atoms with Gasteiger partial charge in [-0.1, -0.05) is 25.5 Å². The summed E-state index contributed by atoms with van der Waals surface area (Å²) in [6, 6.07) is 5.82. The van der Waals surface area contributed by atoms with Crippen molar-refractivity contribution in [2.24, 2.45) is 0 Å². The minimum absolute atomic E-state index is 0.00160. The second-order valence-corrected chi connectivity index (χ2v) is 7.65. The van der Waals surface area contributed by atoms with Crippen molar-refractivity contribution < 1.29 is 14.3 Å². The summed E-state index contributed by atoms with van der Waals surface area (Å²) < 4.78 is 11.5. The topological polar surface area (TPSA) is 63.7 Å². The van der Waals surface area contributed by atoms with E-state index in [9.17, 15) is 4.79 Å². The van der Waals surface area contributed by atoms with Gasteiger partial charge in [-0.2, -0.15) is 0 Å². The number of hydrogen-bond donors (Lipinski definition) is 1. The Balaban J connectivity index is 1.52. The third kappa shape index (κ3) is 3.35. The van der Waals surface area contributed by atoms with Crippen LogP contribution >= 0.6 is 11.3 Å². The van der Waals surface area contributed by atoms with Crippen LogP contribution in [0.1, 0.15) is 42.7 Å². The highest BCUT2D eigenvalue weighted by molar-refractivity contribution is 7.15. The summed E-state index contributed by atoms with van der Waals surface area (Å²) in [7, 11) is 0. The van der Waals surface area contributed by atoms with Gasteiger partial charge in [0.2, 0.25) is 0 Å². The molecular formula is C19H23N3O3S.